The highest BCUT2D eigenvalue weighted by atomic mass is 79.9. The molecular formula is C11H15BrN2OS. The van der Waals surface area contributed by atoms with Crippen LogP contribution >= 0.6 is 27.3 Å². The van der Waals surface area contributed by atoms with Crippen molar-refractivity contribution < 1.29 is 4.79 Å². The van der Waals surface area contributed by atoms with Gasteiger partial charge in [-0.2, -0.15) is 0 Å². The molecule has 1 amide bonds. The standard InChI is InChI=1S/C11H15BrN2OS/c1-14(6-9-5-8(12)7-16-9)11(15)10-3-2-4-13-10/h5,7,10,13H,2-4,6H2,1H3/t10-/m1/s1. The van der Waals surface area contributed by atoms with Crippen LogP contribution in [0.1, 0.15) is 17.7 Å². The van der Waals surface area contributed by atoms with E-state index in [-0.39, 0.29) is 11.9 Å². The Morgan fingerprint density at radius 3 is 3.12 bits per heavy atom. The first-order chi connectivity index (χ1) is 7.66. The molecule has 1 atom stereocenters. The summed E-state index contributed by atoms with van der Waals surface area (Å²) in [5.41, 5.74) is 0. The summed E-state index contributed by atoms with van der Waals surface area (Å²) in [6.07, 6.45) is 2.08. The van der Waals surface area contributed by atoms with E-state index in [1.165, 1.54) is 4.88 Å². The Bertz CT molecular complexity index is 374. The number of hydrogen-bond acceptors (Lipinski definition) is 3. The van der Waals surface area contributed by atoms with E-state index in [9.17, 15) is 4.79 Å². The van der Waals surface area contributed by atoms with Crippen LogP contribution in [-0.4, -0.2) is 30.4 Å². The topological polar surface area (TPSA) is 32.3 Å². The molecule has 0 radical (unpaired) electrons. The predicted molar refractivity (Wildman–Crippen MR) is 69.5 cm³/mol. The number of hydrogen-bond donors (Lipinski definition) is 1. The fourth-order valence-corrected chi connectivity index (χ4v) is 3.41. The second-order valence-corrected chi connectivity index (χ2v) is 5.99. The molecule has 1 saturated heterocycles. The molecule has 1 aliphatic heterocycles. The molecule has 0 aromatic carbocycles. The van der Waals surface area contributed by atoms with Gasteiger partial charge in [0.25, 0.3) is 0 Å². The van der Waals surface area contributed by atoms with Gasteiger partial charge in [-0.15, -0.1) is 11.3 Å². The van der Waals surface area contributed by atoms with E-state index in [1.54, 1.807) is 16.2 Å². The van der Waals surface area contributed by atoms with Crippen LogP contribution in [0.25, 0.3) is 0 Å². The lowest BCUT2D eigenvalue weighted by Gasteiger charge is -2.20. The summed E-state index contributed by atoms with van der Waals surface area (Å²) in [7, 11) is 1.87. The van der Waals surface area contributed by atoms with Gasteiger partial charge in [-0.05, 0) is 41.4 Å². The highest BCUT2D eigenvalue weighted by Crippen LogP contribution is 2.21. The number of amides is 1. The van der Waals surface area contributed by atoms with Crippen molar-refractivity contribution in [3.63, 3.8) is 0 Å². The third-order valence-corrected chi connectivity index (χ3v) is 4.43. The van der Waals surface area contributed by atoms with Gasteiger partial charge < -0.3 is 10.2 Å². The number of rotatable bonds is 3. The van der Waals surface area contributed by atoms with E-state index >= 15 is 0 Å². The van der Waals surface area contributed by atoms with E-state index in [2.05, 4.69) is 27.3 Å². The normalized spacial score (nSPS) is 20.0. The van der Waals surface area contributed by atoms with Crippen LogP contribution in [0.2, 0.25) is 0 Å². The van der Waals surface area contributed by atoms with Gasteiger partial charge in [0.05, 0.1) is 12.6 Å². The monoisotopic (exact) mass is 302 g/mol. The molecule has 0 saturated carbocycles. The summed E-state index contributed by atoms with van der Waals surface area (Å²) < 4.78 is 1.09. The fraction of sp³-hybridized carbons (Fsp3) is 0.545. The zero-order valence-electron chi connectivity index (χ0n) is 9.20. The van der Waals surface area contributed by atoms with Crippen molar-refractivity contribution in [3.05, 3.63) is 20.8 Å². The Morgan fingerprint density at radius 1 is 1.75 bits per heavy atom. The van der Waals surface area contributed by atoms with Crippen molar-refractivity contribution >= 4 is 33.2 Å². The van der Waals surface area contributed by atoms with Gasteiger partial charge in [0, 0.05) is 21.8 Å². The number of halogens is 1. The van der Waals surface area contributed by atoms with Crippen LogP contribution in [-0.2, 0) is 11.3 Å². The van der Waals surface area contributed by atoms with Crippen molar-refractivity contribution in [1.82, 2.24) is 10.2 Å². The minimum Gasteiger partial charge on any atom is -0.339 e. The molecule has 0 unspecified atom stereocenters. The second kappa shape index (κ2) is 5.29. The largest absolute Gasteiger partial charge is 0.339 e. The first-order valence-electron chi connectivity index (χ1n) is 5.38. The fourth-order valence-electron chi connectivity index (χ4n) is 1.91. The number of nitrogens with zero attached hydrogens (tertiary/aromatic N) is 1. The third-order valence-electron chi connectivity index (χ3n) is 2.75. The number of likely N-dealkylation sites (N-methyl/N-ethyl adjacent to an activating group) is 1. The van der Waals surface area contributed by atoms with Crippen molar-refractivity contribution in [2.24, 2.45) is 0 Å². The highest BCUT2D eigenvalue weighted by Gasteiger charge is 2.24. The van der Waals surface area contributed by atoms with E-state index in [0.29, 0.717) is 6.54 Å². The molecule has 1 fully saturated rings. The smallest absolute Gasteiger partial charge is 0.239 e. The van der Waals surface area contributed by atoms with Crippen molar-refractivity contribution in [2.75, 3.05) is 13.6 Å². The van der Waals surface area contributed by atoms with Crippen LogP contribution in [0.15, 0.2) is 15.9 Å². The van der Waals surface area contributed by atoms with Crippen LogP contribution < -0.4 is 5.32 Å². The first-order valence-corrected chi connectivity index (χ1v) is 7.05. The van der Waals surface area contributed by atoms with Gasteiger partial charge in [-0.25, -0.2) is 0 Å². The molecule has 1 aromatic heterocycles. The van der Waals surface area contributed by atoms with Gasteiger partial charge in [0.15, 0.2) is 0 Å². The van der Waals surface area contributed by atoms with Crippen molar-refractivity contribution in [1.29, 1.82) is 0 Å². The molecule has 5 heteroatoms. The average Bonchev–Trinajstić information content (AvgIpc) is 2.88. The minimum atomic E-state index is 0.0356. The summed E-state index contributed by atoms with van der Waals surface area (Å²) >= 11 is 5.10. The second-order valence-electron chi connectivity index (χ2n) is 4.07. The van der Waals surface area contributed by atoms with Gasteiger partial charge in [-0.3, -0.25) is 4.79 Å². The Morgan fingerprint density at radius 2 is 2.56 bits per heavy atom. The highest BCUT2D eigenvalue weighted by molar-refractivity contribution is 9.10. The molecule has 3 nitrogen and oxygen atoms in total. The molecule has 2 rings (SSSR count). The van der Waals surface area contributed by atoms with Crippen molar-refractivity contribution in [2.45, 2.75) is 25.4 Å². The molecule has 0 spiro atoms. The predicted octanol–water partition coefficient (Wildman–Crippen LogP) is 2.22. The minimum absolute atomic E-state index is 0.0356. The molecule has 16 heavy (non-hydrogen) atoms. The number of carbonyl (C=O) groups is 1. The Kier molecular flexibility index (Phi) is 4.00. The summed E-state index contributed by atoms with van der Waals surface area (Å²) in [6.45, 7) is 1.67. The summed E-state index contributed by atoms with van der Waals surface area (Å²) in [6, 6.07) is 2.10. The zero-order valence-corrected chi connectivity index (χ0v) is 11.6. The third kappa shape index (κ3) is 2.84. The lowest BCUT2D eigenvalue weighted by atomic mass is 10.2. The molecule has 1 aliphatic rings. The van der Waals surface area contributed by atoms with Gasteiger partial charge in [-0.1, -0.05) is 0 Å². The van der Waals surface area contributed by atoms with Gasteiger partial charge >= 0.3 is 0 Å². The molecule has 2 heterocycles. The maximum absolute atomic E-state index is 12.0. The molecular weight excluding hydrogens is 288 g/mol. The number of nitrogens with one attached hydrogen (secondary N) is 1. The van der Waals surface area contributed by atoms with Crippen LogP contribution in [0.4, 0.5) is 0 Å². The SMILES string of the molecule is CN(Cc1cc(Br)cs1)C(=O)[C@H]1CCCN1. The van der Waals surface area contributed by atoms with Gasteiger partial charge in [0.2, 0.25) is 5.91 Å². The van der Waals surface area contributed by atoms with Gasteiger partial charge in [0.1, 0.15) is 0 Å². The molecule has 0 aliphatic carbocycles. The lowest BCUT2D eigenvalue weighted by molar-refractivity contribution is -0.132. The molecule has 1 N–H and O–H groups in total. The Balaban J connectivity index is 1.91. The zero-order chi connectivity index (χ0) is 11.5. The maximum Gasteiger partial charge on any atom is 0.239 e. The van der Waals surface area contributed by atoms with E-state index in [4.69, 9.17) is 0 Å². The Labute approximate surface area is 108 Å². The number of carbonyl (C=O) groups excluding carboxylic acids is 1. The number of thiophene rings is 1. The van der Waals surface area contributed by atoms with Crippen molar-refractivity contribution in [3.8, 4) is 0 Å². The summed E-state index contributed by atoms with van der Waals surface area (Å²) in [5.74, 6) is 0.210. The molecule has 0 bridgehead atoms. The average molecular weight is 303 g/mol. The van der Waals surface area contributed by atoms with Crippen LogP contribution in [0, 0.1) is 0 Å². The summed E-state index contributed by atoms with van der Waals surface area (Å²) in [5, 5.41) is 5.27. The van der Waals surface area contributed by atoms with Crippen LogP contribution in [0.5, 0.6) is 0 Å². The quantitative estimate of drug-likeness (QED) is 0.928. The summed E-state index contributed by atoms with van der Waals surface area (Å²) in [4.78, 5) is 15.0. The van der Waals surface area contributed by atoms with Crippen LogP contribution in [0.3, 0.4) is 0 Å². The maximum atomic E-state index is 12.0. The lowest BCUT2D eigenvalue weighted by Crippen LogP contribution is -2.41. The molecule has 1 aromatic rings. The van der Waals surface area contributed by atoms with E-state index in [0.717, 1.165) is 23.9 Å². The van der Waals surface area contributed by atoms with E-state index in [1.807, 2.05) is 12.4 Å². The van der Waals surface area contributed by atoms with E-state index < -0.39 is 0 Å². The molecule has 88 valence electrons. The Hall–Kier alpha value is -0.390. The first kappa shape index (κ1) is 12.1.